The highest BCUT2D eigenvalue weighted by atomic mass is 35.5. The van der Waals surface area contributed by atoms with Gasteiger partial charge in [-0.3, -0.25) is 9.69 Å². The van der Waals surface area contributed by atoms with E-state index in [0.717, 1.165) is 24.1 Å². The summed E-state index contributed by atoms with van der Waals surface area (Å²) in [5.41, 5.74) is 3.31. The highest BCUT2D eigenvalue weighted by Gasteiger charge is 2.05. The van der Waals surface area contributed by atoms with Crippen LogP contribution in [0.5, 0.6) is 0 Å². The van der Waals surface area contributed by atoms with Gasteiger partial charge in [-0.2, -0.15) is 5.10 Å². The standard InChI is InChI=1S/C15H19N3O2.ClH/c1-3-18(4-2)11-15(19)17-16-10-13-9-12-7-5-6-8-14(12)20-13;/h5-10H,3-4,11H2,1-2H3,(H,17,19);1H/b16-10+;. The lowest BCUT2D eigenvalue weighted by Crippen LogP contribution is -2.35. The van der Waals surface area contributed by atoms with Gasteiger partial charge < -0.3 is 4.42 Å². The molecular formula is C15H20ClN3O2. The molecule has 0 aliphatic heterocycles. The average Bonchev–Trinajstić information content (AvgIpc) is 2.87. The molecule has 21 heavy (non-hydrogen) atoms. The molecule has 1 amide bonds. The van der Waals surface area contributed by atoms with Gasteiger partial charge in [0, 0.05) is 5.39 Å². The summed E-state index contributed by atoms with van der Waals surface area (Å²) in [6, 6.07) is 9.61. The van der Waals surface area contributed by atoms with Gasteiger partial charge in [-0.05, 0) is 25.2 Å². The quantitative estimate of drug-likeness (QED) is 0.659. The molecule has 0 fully saturated rings. The second-order valence-electron chi connectivity index (χ2n) is 4.44. The first-order valence-corrected chi connectivity index (χ1v) is 6.75. The van der Waals surface area contributed by atoms with Crippen LogP contribution in [0.4, 0.5) is 0 Å². The van der Waals surface area contributed by atoms with Gasteiger partial charge in [-0.25, -0.2) is 5.43 Å². The highest BCUT2D eigenvalue weighted by molar-refractivity contribution is 5.87. The minimum atomic E-state index is -0.124. The third-order valence-corrected chi connectivity index (χ3v) is 3.09. The topological polar surface area (TPSA) is 57.8 Å². The molecule has 0 unspecified atom stereocenters. The number of para-hydroxylation sites is 1. The van der Waals surface area contributed by atoms with E-state index in [-0.39, 0.29) is 18.3 Å². The number of amides is 1. The summed E-state index contributed by atoms with van der Waals surface area (Å²) in [6.45, 7) is 6.09. The Bertz CT molecular complexity index is 573. The Balaban J connectivity index is 0.00000220. The van der Waals surface area contributed by atoms with E-state index >= 15 is 0 Å². The molecule has 0 atom stereocenters. The number of furan rings is 1. The molecule has 0 aliphatic rings. The maximum absolute atomic E-state index is 11.6. The van der Waals surface area contributed by atoms with Crippen molar-refractivity contribution >= 4 is 35.5 Å². The zero-order valence-electron chi connectivity index (χ0n) is 12.2. The number of nitrogens with one attached hydrogen (secondary N) is 1. The molecule has 0 saturated heterocycles. The largest absolute Gasteiger partial charge is 0.455 e. The minimum Gasteiger partial charge on any atom is -0.455 e. The third-order valence-electron chi connectivity index (χ3n) is 3.09. The first-order chi connectivity index (χ1) is 9.72. The summed E-state index contributed by atoms with van der Waals surface area (Å²) < 4.78 is 5.56. The van der Waals surface area contributed by atoms with Crippen LogP contribution < -0.4 is 5.43 Å². The van der Waals surface area contributed by atoms with Crippen LogP contribution in [0.25, 0.3) is 11.0 Å². The van der Waals surface area contributed by atoms with Gasteiger partial charge in [-0.1, -0.05) is 32.0 Å². The Labute approximate surface area is 130 Å². The van der Waals surface area contributed by atoms with Crippen molar-refractivity contribution in [1.82, 2.24) is 10.3 Å². The SMILES string of the molecule is CCN(CC)CC(=O)N/N=C/c1cc2ccccc2o1.Cl. The van der Waals surface area contributed by atoms with Gasteiger partial charge in [0.25, 0.3) is 5.91 Å². The molecule has 1 N–H and O–H groups in total. The normalized spacial score (nSPS) is 11.0. The molecule has 1 aromatic carbocycles. The second kappa shape index (κ2) is 8.44. The van der Waals surface area contributed by atoms with Gasteiger partial charge in [0.2, 0.25) is 0 Å². The fraction of sp³-hybridized carbons (Fsp3) is 0.333. The average molecular weight is 310 g/mol. The van der Waals surface area contributed by atoms with Crippen molar-refractivity contribution in [2.24, 2.45) is 5.10 Å². The Morgan fingerprint density at radius 1 is 1.33 bits per heavy atom. The van der Waals surface area contributed by atoms with E-state index in [0.29, 0.717) is 12.3 Å². The molecule has 114 valence electrons. The van der Waals surface area contributed by atoms with E-state index in [4.69, 9.17) is 4.42 Å². The molecule has 0 bridgehead atoms. The van der Waals surface area contributed by atoms with Crippen molar-refractivity contribution in [2.75, 3.05) is 19.6 Å². The number of hydrogen-bond acceptors (Lipinski definition) is 4. The van der Waals surface area contributed by atoms with Gasteiger partial charge in [0.1, 0.15) is 11.3 Å². The van der Waals surface area contributed by atoms with Crippen LogP contribution in [0.15, 0.2) is 39.9 Å². The van der Waals surface area contributed by atoms with E-state index in [2.05, 4.69) is 10.5 Å². The zero-order valence-corrected chi connectivity index (χ0v) is 13.0. The second-order valence-corrected chi connectivity index (χ2v) is 4.44. The van der Waals surface area contributed by atoms with Crippen LogP contribution in [0.3, 0.4) is 0 Å². The number of benzene rings is 1. The van der Waals surface area contributed by atoms with E-state index in [1.54, 1.807) is 0 Å². The first-order valence-electron chi connectivity index (χ1n) is 6.75. The highest BCUT2D eigenvalue weighted by Crippen LogP contribution is 2.17. The lowest BCUT2D eigenvalue weighted by Gasteiger charge is -2.15. The van der Waals surface area contributed by atoms with Crippen molar-refractivity contribution in [3.05, 3.63) is 36.1 Å². The van der Waals surface area contributed by atoms with Crippen molar-refractivity contribution in [1.29, 1.82) is 0 Å². The molecule has 6 heteroatoms. The number of fused-ring (bicyclic) bond motifs is 1. The smallest absolute Gasteiger partial charge is 0.254 e. The summed E-state index contributed by atoms with van der Waals surface area (Å²) >= 11 is 0. The van der Waals surface area contributed by atoms with Crippen molar-refractivity contribution < 1.29 is 9.21 Å². The zero-order chi connectivity index (χ0) is 14.4. The summed E-state index contributed by atoms with van der Waals surface area (Å²) in [5.74, 6) is 0.496. The summed E-state index contributed by atoms with van der Waals surface area (Å²) in [7, 11) is 0. The van der Waals surface area contributed by atoms with E-state index in [1.807, 2.05) is 49.1 Å². The van der Waals surface area contributed by atoms with Gasteiger partial charge in [0.15, 0.2) is 0 Å². The molecule has 1 aromatic heterocycles. The Morgan fingerprint density at radius 3 is 2.71 bits per heavy atom. The maximum atomic E-state index is 11.6. The van der Waals surface area contributed by atoms with Crippen molar-refractivity contribution in [3.8, 4) is 0 Å². The van der Waals surface area contributed by atoms with Gasteiger partial charge in [0.05, 0.1) is 12.8 Å². The number of rotatable bonds is 6. The maximum Gasteiger partial charge on any atom is 0.254 e. The molecule has 1 heterocycles. The Kier molecular flexibility index (Phi) is 6.91. The predicted molar refractivity (Wildman–Crippen MR) is 87.0 cm³/mol. The first kappa shape index (κ1) is 17.2. The van der Waals surface area contributed by atoms with Crippen LogP contribution in [0, 0.1) is 0 Å². The van der Waals surface area contributed by atoms with Crippen LogP contribution >= 0.6 is 12.4 Å². The molecule has 5 nitrogen and oxygen atoms in total. The number of nitrogens with zero attached hydrogens (tertiary/aromatic N) is 2. The molecular weight excluding hydrogens is 290 g/mol. The number of hydrazone groups is 1. The fourth-order valence-corrected chi connectivity index (χ4v) is 1.92. The van der Waals surface area contributed by atoms with Crippen LogP contribution in [-0.2, 0) is 4.79 Å². The molecule has 0 spiro atoms. The molecule has 0 saturated carbocycles. The minimum absolute atomic E-state index is 0. The molecule has 2 rings (SSSR count). The summed E-state index contributed by atoms with van der Waals surface area (Å²) in [6.07, 6.45) is 1.51. The number of carbonyl (C=O) groups is 1. The van der Waals surface area contributed by atoms with Gasteiger partial charge >= 0.3 is 0 Å². The fourth-order valence-electron chi connectivity index (χ4n) is 1.92. The Hall–Kier alpha value is -1.85. The van der Waals surface area contributed by atoms with E-state index < -0.39 is 0 Å². The predicted octanol–water partition coefficient (Wildman–Crippen LogP) is 2.65. The summed E-state index contributed by atoms with van der Waals surface area (Å²) in [4.78, 5) is 13.7. The number of halogens is 1. The monoisotopic (exact) mass is 309 g/mol. The van der Waals surface area contributed by atoms with Crippen molar-refractivity contribution in [3.63, 3.8) is 0 Å². The van der Waals surface area contributed by atoms with Crippen LogP contribution in [-0.4, -0.2) is 36.7 Å². The molecule has 2 aromatic rings. The molecule has 0 radical (unpaired) electrons. The molecule has 0 aliphatic carbocycles. The number of hydrogen-bond donors (Lipinski definition) is 1. The van der Waals surface area contributed by atoms with Crippen LogP contribution in [0.1, 0.15) is 19.6 Å². The summed E-state index contributed by atoms with van der Waals surface area (Å²) in [5, 5.41) is 4.93. The van der Waals surface area contributed by atoms with E-state index in [1.165, 1.54) is 6.21 Å². The van der Waals surface area contributed by atoms with Crippen LogP contribution in [0.2, 0.25) is 0 Å². The number of carbonyl (C=O) groups excluding carboxylic acids is 1. The Morgan fingerprint density at radius 2 is 2.05 bits per heavy atom. The van der Waals surface area contributed by atoms with Gasteiger partial charge in [-0.15, -0.1) is 12.4 Å². The number of likely N-dealkylation sites (N-methyl/N-ethyl adjacent to an activating group) is 1. The lowest BCUT2D eigenvalue weighted by atomic mass is 10.2. The van der Waals surface area contributed by atoms with E-state index in [9.17, 15) is 4.79 Å². The lowest BCUT2D eigenvalue weighted by molar-refractivity contribution is -0.122. The third kappa shape index (κ3) is 4.88. The van der Waals surface area contributed by atoms with Crippen molar-refractivity contribution in [2.45, 2.75) is 13.8 Å².